The number of pyridine rings is 1. The molecule has 0 aromatic carbocycles. The van der Waals surface area contributed by atoms with Crippen LogP contribution in [-0.2, 0) is 0 Å². The second kappa shape index (κ2) is 6.91. The molecule has 1 fully saturated rings. The van der Waals surface area contributed by atoms with E-state index in [2.05, 4.69) is 24.7 Å². The summed E-state index contributed by atoms with van der Waals surface area (Å²) in [5.74, 6) is 0.957. The number of nitrogens with zero attached hydrogens (tertiary/aromatic N) is 6. The van der Waals surface area contributed by atoms with Gasteiger partial charge in [0.2, 0.25) is 11.7 Å². The van der Waals surface area contributed by atoms with Gasteiger partial charge in [-0.1, -0.05) is 29.6 Å². The monoisotopic (exact) mass is 370 g/mol. The largest absolute Gasteiger partial charge is 0.337 e. The molecule has 26 heavy (non-hydrogen) atoms. The molecule has 1 aliphatic heterocycles. The minimum atomic E-state index is -0.227. The molecule has 1 saturated heterocycles. The van der Waals surface area contributed by atoms with E-state index in [4.69, 9.17) is 4.52 Å². The van der Waals surface area contributed by atoms with Crippen LogP contribution in [0.25, 0.3) is 11.5 Å². The van der Waals surface area contributed by atoms with Gasteiger partial charge in [-0.3, -0.25) is 9.78 Å². The van der Waals surface area contributed by atoms with E-state index in [1.54, 1.807) is 11.1 Å². The van der Waals surface area contributed by atoms with Crippen LogP contribution < -0.4 is 0 Å². The number of aromatic nitrogens is 5. The minimum absolute atomic E-state index is 0.0659. The molecule has 0 spiro atoms. The molecule has 4 heterocycles. The SMILES string of the molecule is CC(C)c1nnsc1C(=O)N1CCC[C@H]1c1nc(-c2ccccn2)no1. The molecule has 3 aromatic rings. The van der Waals surface area contributed by atoms with Crippen molar-refractivity contribution in [3.63, 3.8) is 0 Å². The van der Waals surface area contributed by atoms with Gasteiger partial charge in [-0.2, -0.15) is 4.98 Å². The van der Waals surface area contributed by atoms with Gasteiger partial charge in [-0.25, -0.2) is 0 Å². The Morgan fingerprint density at radius 2 is 2.27 bits per heavy atom. The third kappa shape index (κ3) is 2.98. The molecule has 0 bridgehead atoms. The molecule has 0 unspecified atom stereocenters. The van der Waals surface area contributed by atoms with E-state index < -0.39 is 0 Å². The van der Waals surface area contributed by atoms with Gasteiger partial charge in [0, 0.05) is 12.7 Å². The summed E-state index contributed by atoms with van der Waals surface area (Å²) in [5.41, 5.74) is 1.39. The maximum absolute atomic E-state index is 13.0. The second-order valence-corrected chi connectivity index (χ2v) is 7.22. The predicted molar refractivity (Wildman–Crippen MR) is 94.5 cm³/mol. The van der Waals surface area contributed by atoms with Gasteiger partial charge in [0.05, 0.1) is 5.69 Å². The van der Waals surface area contributed by atoms with E-state index in [1.165, 1.54) is 0 Å². The molecule has 0 N–H and O–H groups in total. The molecule has 3 aromatic heterocycles. The number of amides is 1. The lowest BCUT2D eigenvalue weighted by Crippen LogP contribution is -2.31. The summed E-state index contributed by atoms with van der Waals surface area (Å²) in [7, 11) is 0. The zero-order valence-corrected chi connectivity index (χ0v) is 15.3. The smallest absolute Gasteiger partial charge is 0.268 e. The molecule has 9 heteroatoms. The highest BCUT2D eigenvalue weighted by Gasteiger charge is 2.36. The van der Waals surface area contributed by atoms with Crippen molar-refractivity contribution in [2.45, 2.75) is 38.6 Å². The van der Waals surface area contributed by atoms with E-state index >= 15 is 0 Å². The van der Waals surface area contributed by atoms with Crippen LogP contribution in [0.15, 0.2) is 28.9 Å². The van der Waals surface area contributed by atoms with Crippen LogP contribution in [-0.4, -0.2) is 42.1 Å². The topological polar surface area (TPSA) is 97.9 Å². The van der Waals surface area contributed by atoms with Crippen molar-refractivity contribution in [1.82, 2.24) is 29.6 Å². The van der Waals surface area contributed by atoms with Crippen LogP contribution in [0.4, 0.5) is 0 Å². The van der Waals surface area contributed by atoms with Gasteiger partial charge >= 0.3 is 0 Å². The fourth-order valence-corrected chi connectivity index (χ4v) is 3.87. The molecule has 0 aliphatic carbocycles. The number of hydrogen-bond acceptors (Lipinski definition) is 8. The van der Waals surface area contributed by atoms with Crippen molar-refractivity contribution in [2.75, 3.05) is 6.54 Å². The Kier molecular flexibility index (Phi) is 4.46. The van der Waals surface area contributed by atoms with Gasteiger partial charge in [-0.05, 0) is 42.4 Å². The maximum Gasteiger partial charge on any atom is 0.268 e. The van der Waals surface area contributed by atoms with Gasteiger partial charge in [0.15, 0.2) is 0 Å². The van der Waals surface area contributed by atoms with Gasteiger partial charge < -0.3 is 9.42 Å². The standard InChI is InChI=1S/C17H18N6O2S/c1-10(2)13-14(26-22-20-13)17(24)23-9-5-7-12(23)16-19-15(21-25-16)11-6-3-4-8-18-11/h3-4,6,8,10,12H,5,7,9H2,1-2H3/t12-/m0/s1. The molecule has 4 rings (SSSR count). The molecule has 1 aliphatic rings. The lowest BCUT2D eigenvalue weighted by atomic mass is 10.1. The van der Waals surface area contributed by atoms with Crippen LogP contribution in [0, 0.1) is 0 Å². The molecule has 1 amide bonds. The first-order valence-electron chi connectivity index (χ1n) is 8.53. The van der Waals surface area contributed by atoms with Gasteiger partial charge in [0.1, 0.15) is 16.6 Å². The first-order chi connectivity index (χ1) is 12.6. The summed E-state index contributed by atoms with van der Waals surface area (Å²) in [4.78, 5) is 24.1. The average molecular weight is 370 g/mol. The van der Waals surface area contributed by atoms with Crippen LogP contribution in [0.3, 0.4) is 0 Å². The Balaban J connectivity index is 1.60. The molecular formula is C17H18N6O2S. The quantitative estimate of drug-likeness (QED) is 0.696. The Bertz CT molecular complexity index is 907. The van der Waals surface area contributed by atoms with Gasteiger partial charge in [0.25, 0.3) is 5.91 Å². The van der Waals surface area contributed by atoms with Crippen molar-refractivity contribution >= 4 is 17.4 Å². The van der Waals surface area contributed by atoms with E-state index in [0.717, 1.165) is 30.1 Å². The molecule has 1 atom stereocenters. The summed E-state index contributed by atoms with van der Waals surface area (Å²) in [6.07, 6.45) is 3.36. The van der Waals surface area contributed by atoms with Crippen molar-refractivity contribution in [2.24, 2.45) is 0 Å². The van der Waals surface area contributed by atoms with Crippen molar-refractivity contribution in [3.05, 3.63) is 40.9 Å². The van der Waals surface area contributed by atoms with E-state index in [1.807, 2.05) is 32.0 Å². The predicted octanol–water partition coefficient (Wildman–Crippen LogP) is 3.08. The van der Waals surface area contributed by atoms with Crippen molar-refractivity contribution in [1.29, 1.82) is 0 Å². The number of hydrogen-bond donors (Lipinski definition) is 0. The zero-order chi connectivity index (χ0) is 18.1. The molecule has 134 valence electrons. The third-order valence-electron chi connectivity index (χ3n) is 4.39. The minimum Gasteiger partial charge on any atom is -0.337 e. The van der Waals surface area contributed by atoms with Crippen molar-refractivity contribution in [3.8, 4) is 11.5 Å². The van der Waals surface area contributed by atoms with Crippen LogP contribution >= 0.6 is 11.5 Å². The summed E-state index contributed by atoms with van der Waals surface area (Å²) in [5, 5.41) is 8.14. The number of likely N-dealkylation sites (tertiary alicyclic amines) is 1. The fraction of sp³-hybridized carbons (Fsp3) is 0.412. The number of carbonyl (C=O) groups excluding carboxylic acids is 1. The van der Waals surface area contributed by atoms with E-state index in [-0.39, 0.29) is 17.9 Å². The molecule has 0 radical (unpaired) electrons. The number of rotatable bonds is 4. The lowest BCUT2D eigenvalue weighted by Gasteiger charge is -2.21. The summed E-state index contributed by atoms with van der Waals surface area (Å²) < 4.78 is 9.42. The van der Waals surface area contributed by atoms with Crippen LogP contribution in [0.5, 0.6) is 0 Å². The fourth-order valence-electron chi connectivity index (χ4n) is 3.09. The van der Waals surface area contributed by atoms with Crippen molar-refractivity contribution < 1.29 is 9.32 Å². The van der Waals surface area contributed by atoms with E-state index in [9.17, 15) is 4.79 Å². The third-order valence-corrected chi connectivity index (χ3v) is 5.12. The number of carbonyl (C=O) groups is 1. The molecule has 0 saturated carbocycles. The Labute approximate surface area is 154 Å². The Morgan fingerprint density at radius 3 is 3.04 bits per heavy atom. The first kappa shape index (κ1) is 16.8. The average Bonchev–Trinajstić information content (AvgIpc) is 3.41. The Morgan fingerprint density at radius 1 is 1.38 bits per heavy atom. The summed E-state index contributed by atoms with van der Waals surface area (Å²) in [6, 6.07) is 5.30. The normalized spacial score (nSPS) is 17.2. The van der Waals surface area contributed by atoms with Crippen LogP contribution in [0.1, 0.15) is 59.9 Å². The van der Waals surface area contributed by atoms with E-state index in [0.29, 0.717) is 28.8 Å². The Hall–Kier alpha value is -2.68. The van der Waals surface area contributed by atoms with Gasteiger partial charge in [-0.15, -0.1) is 5.10 Å². The highest BCUT2D eigenvalue weighted by molar-refractivity contribution is 7.08. The second-order valence-electron chi connectivity index (χ2n) is 6.47. The highest BCUT2D eigenvalue weighted by atomic mass is 32.1. The maximum atomic E-state index is 13.0. The first-order valence-corrected chi connectivity index (χ1v) is 9.30. The molecular weight excluding hydrogens is 352 g/mol. The zero-order valence-electron chi connectivity index (χ0n) is 14.5. The lowest BCUT2D eigenvalue weighted by molar-refractivity contribution is 0.0713. The highest BCUT2D eigenvalue weighted by Crippen LogP contribution is 2.34. The van der Waals surface area contributed by atoms with Crippen LogP contribution in [0.2, 0.25) is 0 Å². The summed E-state index contributed by atoms with van der Waals surface area (Å²) in [6.45, 7) is 4.67. The summed E-state index contributed by atoms with van der Waals surface area (Å²) >= 11 is 1.14. The molecule has 8 nitrogen and oxygen atoms in total.